The third-order valence-corrected chi connectivity index (χ3v) is 5.67. The van der Waals surface area contributed by atoms with Crippen molar-refractivity contribution in [1.82, 2.24) is 5.32 Å². The maximum absolute atomic E-state index is 12.4. The summed E-state index contributed by atoms with van der Waals surface area (Å²) in [4.78, 5) is 12.4. The number of halogens is 1. The summed E-state index contributed by atoms with van der Waals surface area (Å²) in [6.45, 7) is 2.03. The molecule has 4 heteroatoms. The van der Waals surface area contributed by atoms with Crippen molar-refractivity contribution in [1.29, 1.82) is 0 Å². The van der Waals surface area contributed by atoms with Gasteiger partial charge in [0.15, 0.2) is 0 Å². The Morgan fingerprint density at radius 3 is 2.30 bits per heavy atom. The van der Waals surface area contributed by atoms with Crippen LogP contribution < -0.4 is 5.32 Å². The molecule has 4 aliphatic rings. The first-order valence-corrected chi connectivity index (χ1v) is 8.72. The molecule has 4 bridgehead atoms. The van der Waals surface area contributed by atoms with Gasteiger partial charge in [-0.05, 0) is 62.2 Å². The second kappa shape index (κ2) is 6.65. The molecule has 4 fully saturated rings. The Morgan fingerprint density at radius 1 is 1.05 bits per heavy atom. The Labute approximate surface area is 126 Å². The number of ether oxygens (including phenoxy) is 1. The molecule has 114 valence electrons. The van der Waals surface area contributed by atoms with Gasteiger partial charge in [0.25, 0.3) is 0 Å². The molecule has 20 heavy (non-hydrogen) atoms. The fraction of sp³-hybridized carbons (Fsp3) is 0.938. The fourth-order valence-electron chi connectivity index (χ4n) is 5.01. The van der Waals surface area contributed by atoms with Gasteiger partial charge in [-0.1, -0.05) is 0 Å². The highest BCUT2D eigenvalue weighted by Crippen LogP contribution is 2.56. The average Bonchev–Trinajstić information content (AvgIpc) is 2.41. The van der Waals surface area contributed by atoms with Gasteiger partial charge < -0.3 is 10.1 Å². The lowest BCUT2D eigenvalue weighted by Crippen LogP contribution is -2.51. The standard InChI is InChI=1S/C16H26ClNO2/c17-2-5-20-4-1-3-18-16(19)15-13-7-11-6-12(9-13)10-14(15)8-11/h11-15H,1-10H2,(H,18,19). The second-order valence-electron chi connectivity index (χ2n) is 6.90. The summed E-state index contributed by atoms with van der Waals surface area (Å²) in [6, 6.07) is 0. The zero-order valence-corrected chi connectivity index (χ0v) is 12.9. The summed E-state index contributed by atoms with van der Waals surface area (Å²) in [5, 5.41) is 3.14. The van der Waals surface area contributed by atoms with E-state index in [1.165, 1.54) is 32.1 Å². The first-order valence-electron chi connectivity index (χ1n) is 8.19. The first-order chi connectivity index (χ1) is 9.78. The van der Waals surface area contributed by atoms with Crippen molar-refractivity contribution in [2.45, 2.75) is 38.5 Å². The van der Waals surface area contributed by atoms with Gasteiger partial charge in [0.1, 0.15) is 0 Å². The topological polar surface area (TPSA) is 38.3 Å². The number of hydrogen-bond donors (Lipinski definition) is 1. The highest BCUT2D eigenvalue weighted by molar-refractivity contribution is 6.17. The molecule has 4 aliphatic carbocycles. The molecule has 0 radical (unpaired) electrons. The Bertz CT molecular complexity index is 319. The van der Waals surface area contributed by atoms with Crippen LogP contribution in [0.3, 0.4) is 0 Å². The highest BCUT2D eigenvalue weighted by atomic mass is 35.5. The Morgan fingerprint density at radius 2 is 1.70 bits per heavy atom. The molecule has 1 amide bonds. The molecular formula is C16H26ClNO2. The summed E-state index contributed by atoms with van der Waals surface area (Å²) in [5.74, 6) is 4.40. The molecule has 4 rings (SSSR count). The van der Waals surface area contributed by atoms with Gasteiger partial charge in [-0.3, -0.25) is 4.79 Å². The van der Waals surface area contributed by atoms with E-state index in [0.29, 0.717) is 42.8 Å². The number of amides is 1. The van der Waals surface area contributed by atoms with Crippen molar-refractivity contribution in [2.24, 2.45) is 29.6 Å². The molecule has 4 saturated carbocycles. The summed E-state index contributed by atoms with van der Waals surface area (Å²) in [7, 11) is 0. The second-order valence-corrected chi connectivity index (χ2v) is 7.28. The van der Waals surface area contributed by atoms with E-state index >= 15 is 0 Å². The van der Waals surface area contributed by atoms with E-state index in [9.17, 15) is 4.79 Å². The normalized spacial score (nSPS) is 38.1. The van der Waals surface area contributed by atoms with Crippen LogP contribution >= 0.6 is 11.6 Å². The number of alkyl halides is 1. The highest BCUT2D eigenvalue weighted by Gasteiger charge is 2.50. The molecule has 0 aromatic carbocycles. The fourth-order valence-corrected chi connectivity index (χ4v) is 5.12. The van der Waals surface area contributed by atoms with Gasteiger partial charge in [0.2, 0.25) is 5.91 Å². The van der Waals surface area contributed by atoms with Crippen LogP contribution in [-0.2, 0) is 9.53 Å². The zero-order chi connectivity index (χ0) is 13.9. The Hall–Kier alpha value is -0.280. The molecule has 0 aliphatic heterocycles. The lowest BCUT2D eigenvalue weighted by molar-refractivity contribution is -0.138. The number of nitrogens with one attached hydrogen (secondary N) is 1. The van der Waals surface area contributed by atoms with E-state index in [4.69, 9.17) is 16.3 Å². The molecule has 0 unspecified atom stereocenters. The van der Waals surface area contributed by atoms with Crippen LogP contribution in [0.2, 0.25) is 0 Å². The minimum absolute atomic E-state index is 0.312. The van der Waals surface area contributed by atoms with E-state index in [1.807, 2.05) is 0 Å². The lowest BCUT2D eigenvalue weighted by atomic mass is 9.51. The van der Waals surface area contributed by atoms with Gasteiger partial charge in [-0.2, -0.15) is 0 Å². The minimum Gasteiger partial charge on any atom is -0.380 e. The molecule has 0 spiro atoms. The van der Waals surface area contributed by atoms with Crippen LogP contribution in [-0.4, -0.2) is 31.5 Å². The maximum atomic E-state index is 12.4. The summed E-state index contributed by atoms with van der Waals surface area (Å²) < 4.78 is 5.32. The molecule has 0 aromatic rings. The van der Waals surface area contributed by atoms with Crippen LogP contribution in [0.5, 0.6) is 0 Å². The van der Waals surface area contributed by atoms with Gasteiger partial charge in [-0.25, -0.2) is 0 Å². The summed E-state index contributed by atoms with van der Waals surface area (Å²) in [5.41, 5.74) is 0. The van der Waals surface area contributed by atoms with Crippen molar-refractivity contribution in [3.8, 4) is 0 Å². The van der Waals surface area contributed by atoms with Crippen molar-refractivity contribution < 1.29 is 9.53 Å². The zero-order valence-electron chi connectivity index (χ0n) is 12.2. The quantitative estimate of drug-likeness (QED) is 0.580. The number of carbonyl (C=O) groups is 1. The molecule has 0 saturated heterocycles. The van der Waals surface area contributed by atoms with E-state index in [2.05, 4.69) is 5.32 Å². The predicted octanol–water partition coefficient (Wildman–Crippen LogP) is 2.82. The Balaban J connectivity index is 1.41. The van der Waals surface area contributed by atoms with Gasteiger partial charge in [0.05, 0.1) is 6.61 Å². The third kappa shape index (κ3) is 3.14. The van der Waals surface area contributed by atoms with E-state index in [1.54, 1.807) is 0 Å². The molecular weight excluding hydrogens is 274 g/mol. The molecule has 3 nitrogen and oxygen atoms in total. The summed E-state index contributed by atoms with van der Waals surface area (Å²) >= 11 is 5.54. The van der Waals surface area contributed by atoms with Gasteiger partial charge >= 0.3 is 0 Å². The smallest absolute Gasteiger partial charge is 0.223 e. The third-order valence-electron chi connectivity index (χ3n) is 5.52. The monoisotopic (exact) mass is 299 g/mol. The molecule has 1 N–H and O–H groups in total. The maximum Gasteiger partial charge on any atom is 0.223 e. The van der Waals surface area contributed by atoms with Crippen molar-refractivity contribution in [3.05, 3.63) is 0 Å². The van der Waals surface area contributed by atoms with Crippen molar-refractivity contribution in [2.75, 3.05) is 25.6 Å². The van der Waals surface area contributed by atoms with Crippen LogP contribution in [0.1, 0.15) is 38.5 Å². The van der Waals surface area contributed by atoms with E-state index < -0.39 is 0 Å². The Kier molecular flexibility index (Phi) is 4.87. The number of rotatable bonds is 7. The van der Waals surface area contributed by atoms with E-state index in [0.717, 1.165) is 24.8 Å². The average molecular weight is 300 g/mol. The number of carbonyl (C=O) groups excluding carboxylic acids is 1. The molecule has 0 heterocycles. The largest absolute Gasteiger partial charge is 0.380 e. The van der Waals surface area contributed by atoms with Crippen molar-refractivity contribution in [3.63, 3.8) is 0 Å². The van der Waals surface area contributed by atoms with Crippen molar-refractivity contribution >= 4 is 17.5 Å². The lowest BCUT2D eigenvalue weighted by Gasteiger charge is -2.53. The predicted molar refractivity (Wildman–Crippen MR) is 79.7 cm³/mol. The van der Waals surface area contributed by atoms with E-state index in [-0.39, 0.29) is 0 Å². The minimum atomic E-state index is 0.312. The van der Waals surface area contributed by atoms with Crippen LogP contribution in [0, 0.1) is 29.6 Å². The number of hydrogen-bond acceptors (Lipinski definition) is 2. The van der Waals surface area contributed by atoms with Gasteiger partial charge in [-0.15, -0.1) is 11.6 Å². The van der Waals surface area contributed by atoms with Crippen LogP contribution in [0.25, 0.3) is 0 Å². The van der Waals surface area contributed by atoms with Crippen LogP contribution in [0.4, 0.5) is 0 Å². The van der Waals surface area contributed by atoms with Crippen LogP contribution in [0.15, 0.2) is 0 Å². The first kappa shape index (κ1) is 14.6. The molecule has 0 aromatic heterocycles. The summed E-state index contributed by atoms with van der Waals surface area (Å²) in [6.07, 6.45) is 7.57. The molecule has 0 atom stereocenters. The SMILES string of the molecule is O=C(NCCCOCCCl)C1C2CC3CC(C2)CC1C3. The van der Waals surface area contributed by atoms with Gasteiger partial charge in [0, 0.05) is 24.9 Å².